The second-order valence-corrected chi connectivity index (χ2v) is 10.3. The fraction of sp³-hybridized carbons (Fsp3) is 0.600. The molecule has 1 aliphatic heterocycles. The Kier molecular flexibility index (Phi) is 4.40. The maximum Gasteiger partial charge on any atom is 0.252 e. The molecule has 4 rings (SSSR count). The molecule has 2 aromatic heterocycles. The van der Waals surface area contributed by atoms with Gasteiger partial charge in [-0.2, -0.15) is 9.29 Å². The van der Waals surface area contributed by atoms with E-state index >= 15 is 0 Å². The molecule has 0 amide bonds. The van der Waals surface area contributed by atoms with E-state index in [-0.39, 0.29) is 5.92 Å². The van der Waals surface area contributed by atoms with Crippen LogP contribution in [0.3, 0.4) is 0 Å². The van der Waals surface area contributed by atoms with Crippen molar-refractivity contribution in [3.8, 4) is 0 Å². The largest absolute Gasteiger partial charge is 0.339 e. The molecule has 0 N–H and O–H groups in total. The Bertz CT molecular complexity index is 829. The molecule has 1 aliphatic carbocycles. The number of rotatable bonds is 5. The topological polar surface area (TPSA) is 76.3 Å². The Morgan fingerprint density at radius 1 is 1.33 bits per heavy atom. The summed E-state index contributed by atoms with van der Waals surface area (Å²) in [6, 6.07) is 3.20. The maximum atomic E-state index is 12.7. The molecule has 1 unspecified atom stereocenters. The molecule has 130 valence electrons. The summed E-state index contributed by atoms with van der Waals surface area (Å²) in [7, 11) is -3.46. The van der Waals surface area contributed by atoms with E-state index in [9.17, 15) is 8.42 Å². The predicted octanol–water partition coefficient (Wildman–Crippen LogP) is 3.31. The van der Waals surface area contributed by atoms with E-state index in [1.165, 1.54) is 0 Å². The van der Waals surface area contributed by atoms with E-state index in [1.807, 2.05) is 0 Å². The van der Waals surface area contributed by atoms with Crippen LogP contribution in [0.5, 0.6) is 0 Å². The number of aromatic nitrogens is 2. The van der Waals surface area contributed by atoms with Crippen molar-refractivity contribution in [2.75, 3.05) is 13.1 Å². The summed E-state index contributed by atoms with van der Waals surface area (Å²) in [5, 5.41) is 4.03. The van der Waals surface area contributed by atoms with Gasteiger partial charge in [-0.3, -0.25) is 0 Å². The van der Waals surface area contributed by atoms with Crippen LogP contribution in [0.15, 0.2) is 20.9 Å². The number of hydrogen-bond donors (Lipinski definition) is 0. The Hall–Kier alpha value is -0.960. The molecule has 2 aliphatic rings. The Morgan fingerprint density at radius 3 is 2.88 bits per heavy atom. The van der Waals surface area contributed by atoms with Crippen LogP contribution in [-0.4, -0.2) is 36.0 Å². The van der Waals surface area contributed by atoms with Gasteiger partial charge in [-0.05, 0) is 43.7 Å². The highest BCUT2D eigenvalue weighted by atomic mass is 35.5. The summed E-state index contributed by atoms with van der Waals surface area (Å²) in [4.78, 5) is 4.45. The highest BCUT2D eigenvalue weighted by molar-refractivity contribution is 7.91. The first-order chi connectivity index (χ1) is 11.5. The van der Waals surface area contributed by atoms with Crippen LogP contribution in [0, 0.1) is 5.92 Å². The molecule has 2 fully saturated rings. The van der Waals surface area contributed by atoms with Crippen LogP contribution in [0.1, 0.15) is 43.3 Å². The Balaban J connectivity index is 1.44. The monoisotopic (exact) mass is 387 g/mol. The zero-order valence-corrected chi connectivity index (χ0v) is 15.4. The molecule has 2 aromatic rings. The van der Waals surface area contributed by atoms with Gasteiger partial charge < -0.3 is 4.52 Å². The van der Waals surface area contributed by atoms with Gasteiger partial charge in [0.15, 0.2) is 5.82 Å². The van der Waals surface area contributed by atoms with E-state index in [4.69, 9.17) is 16.1 Å². The lowest BCUT2D eigenvalue weighted by atomic mass is 9.96. The van der Waals surface area contributed by atoms with Crippen molar-refractivity contribution in [2.24, 2.45) is 5.92 Å². The number of thiophene rings is 1. The van der Waals surface area contributed by atoms with Gasteiger partial charge in [0.1, 0.15) is 4.21 Å². The molecule has 0 spiro atoms. The van der Waals surface area contributed by atoms with Gasteiger partial charge in [0.25, 0.3) is 10.0 Å². The molecule has 1 saturated heterocycles. The third kappa shape index (κ3) is 3.37. The number of nitrogens with zero attached hydrogens (tertiary/aromatic N) is 3. The van der Waals surface area contributed by atoms with Crippen LogP contribution in [-0.2, 0) is 16.4 Å². The summed E-state index contributed by atoms with van der Waals surface area (Å²) in [5.41, 5.74) is 0. The number of hydrogen-bond acceptors (Lipinski definition) is 6. The molecular formula is C15H18ClN3O3S2. The summed E-state index contributed by atoms with van der Waals surface area (Å²) in [5.74, 6) is 2.10. The molecule has 1 atom stereocenters. The summed E-state index contributed by atoms with van der Waals surface area (Å²) in [6.07, 6.45) is 4.72. The van der Waals surface area contributed by atoms with Gasteiger partial charge in [-0.1, -0.05) is 16.8 Å². The highest BCUT2D eigenvalue weighted by Gasteiger charge is 2.33. The number of halogens is 1. The van der Waals surface area contributed by atoms with Gasteiger partial charge in [0, 0.05) is 25.4 Å². The molecule has 0 radical (unpaired) electrons. The van der Waals surface area contributed by atoms with Gasteiger partial charge in [0.2, 0.25) is 5.89 Å². The van der Waals surface area contributed by atoms with Crippen molar-refractivity contribution in [2.45, 2.75) is 42.2 Å². The van der Waals surface area contributed by atoms with Gasteiger partial charge >= 0.3 is 0 Å². The van der Waals surface area contributed by atoms with E-state index in [1.54, 1.807) is 16.4 Å². The predicted molar refractivity (Wildman–Crippen MR) is 90.8 cm³/mol. The van der Waals surface area contributed by atoms with Crippen molar-refractivity contribution in [1.82, 2.24) is 14.4 Å². The van der Waals surface area contributed by atoms with Crippen LogP contribution in [0.4, 0.5) is 0 Å². The van der Waals surface area contributed by atoms with Crippen LogP contribution < -0.4 is 0 Å². The lowest BCUT2D eigenvalue weighted by molar-refractivity contribution is 0.247. The fourth-order valence-corrected chi connectivity index (χ4v) is 6.27. The summed E-state index contributed by atoms with van der Waals surface area (Å²) < 4.78 is 33.1. The minimum atomic E-state index is -3.46. The molecule has 9 heteroatoms. The second kappa shape index (κ2) is 6.40. The van der Waals surface area contributed by atoms with Crippen LogP contribution in [0.2, 0.25) is 4.34 Å². The first-order valence-corrected chi connectivity index (χ1v) is 10.7. The molecular weight excluding hydrogens is 370 g/mol. The van der Waals surface area contributed by atoms with Crippen LogP contribution >= 0.6 is 22.9 Å². The van der Waals surface area contributed by atoms with E-state index in [0.717, 1.165) is 42.8 Å². The smallest absolute Gasteiger partial charge is 0.252 e. The normalized spacial score (nSPS) is 22.8. The fourth-order valence-electron chi connectivity index (χ4n) is 3.08. The quantitative estimate of drug-likeness (QED) is 0.786. The minimum absolute atomic E-state index is 0.205. The van der Waals surface area contributed by atoms with Gasteiger partial charge in [-0.25, -0.2) is 8.42 Å². The molecule has 6 nitrogen and oxygen atoms in total. The molecule has 3 heterocycles. The highest BCUT2D eigenvalue weighted by Crippen LogP contribution is 2.38. The van der Waals surface area contributed by atoms with Crippen LogP contribution in [0.25, 0.3) is 0 Å². The van der Waals surface area contributed by atoms with Gasteiger partial charge in [0.05, 0.1) is 4.34 Å². The summed E-state index contributed by atoms with van der Waals surface area (Å²) in [6.45, 7) is 1.03. The minimum Gasteiger partial charge on any atom is -0.339 e. The first-order valence-electron chi connectivity index (χ1n) is 8.10. The van der Waals surface area contributed by atoms with Crippen molar-refractivity contribution in [1.29, 1.82) is 0 Å². The van der Waals surface area contributed by atoms with Crippen molar-refractivity contribution in [3.05, 3.63) is 28.2 Å². The molecule has 0 bridgehead atoms. The number of sulfonamides is 1. The average molecular weight is 388 g/mol. The van der Waals surface area contributed by atoms with Crippen molar-refractivity contribution < 1.29 is 12.9 Å². The number of piperidine rings is 1. The SMILES string of the molecule is O=S(=O)(c1ccc(Cl)s1)N1CCCC(Cc2nc(C3CC3)no2)C1. The van der Waals surface area contributed by atoms with Crippen molar-refractivity contribution >= 4 is 33.0 Å². The third-order valence-electron chi connectivity index (χ3n) is 4.51. The van der Waals surface area contributed by atoms with E-state index in [0.29, 0.717) is 39.9 Å². The van der Waals surface area contributed by atoms with Crippen molar-refractivity contribution in [3.63, 3.8) is 0 Å². The molecule has 1 saturated carbocycles. The molecule has 0 aromatic carbocycles. The third-order valence-corrected chi connectivity index (χ3v) is 8.08. The standard InChI is InChI=1S/C15H18ClN3O3S2/c16-12-5-6-14(23-12)24(20,21)19-7-1-2-10(9-19)8-13-17-15(18-22-13)11-3-4-11/h5-6,10-11H,1-4,7-9H2. The first kappa shape index (κ1) is 16.5. The maximum absolute atomic E-state index is 12.7. The molecule has 24 heavy (non-hydrogen) atoms. The second-order valence-electron chi connectivity index (χ2n) is 6.45. The van der Waals surface area contributed by atoms with Gasteiger partial charge in [-0.15, -0.1) is 11.3 Å². The lowest BCUT2D eigenvalue weighted by Crippen LogP contribution is -2.40. The average Bonchev–Trinajstić information content (AvgIpc) is 3.15. The Labute approximate surface area is 149 Å². The zero-order chi connectivity index (χ0) is 16.7. The summed E-state index contributed by atoms with van der Waals surface area (Å²) >= 11 is 6.98. The zero-order valence-electron chi connectivity index (χ0n) is 13.0. The Morgan fingerprint density at radius 2 is 2.17 bits per heavy atom. The lowest BCUT2D eigenvalue weighted by Gasteiger charge is -2.30. The van der Waals surface area contributed by atoms with E-state index in [2.05, 4.69) is 10.1 Å². The van der Waals surface area contributed by atoms with E-state index < -0.39 is 10.0 Å².